The minimum absolute atomic E-state index is 0.0828. The van der Waals surface area contributed by atoms with Gasteiger partial charge >= 0.3 is 5.97 Å². The minimum atomic E-state index is -0.807. The number of nitrogens with zero attached hydrogens (tertiary/aromatic N) is 2. The molecule has 0 spiro atoms. The lowest BCUT2D eigenvalue weighted by Crippen LogP contribution is -2.18. The fourth-order valence-electron chi connectivity index (χ4n) is 0.669. The lowest BCUT2D eigenvalue weighted by atomic mass is 10.2. The molecular weight excluding hydrogens is 184 g/mol. The number of carbonyl (C=O) groups is 1. The van der Waals surface area contributed by atoms with Gasteiger partial charge in [-0.3, -0.25) is 4.79 Å². The van der Waals surface area contributed by atoms with Gasteiger partial charge in [0.1, 0.15) is 0 Å². The Morgan fingerprint density at radius 3 is 2.57 bits per heavy atom. The van der Waals surface area contributed by atoms with Crippen molar-refractivity contribution < 1.29 is 14.6 Å². The van der Waals surface area contributed by atoms with Crippen molar-refractivity contribution in [3.8, 4) is 0 Å². The summed E-state index contributed by atoms with van der Waals surface area (Å²) in [7, 11) is 1.56. The van der Waals surface area contributed by atoms with Gasteiger partial charge in [0.2, 0.25) is 0 Å². The van der Waals surface area contributed by atoms with Crippen LogP contribution in [0.1, 0.15) is 33.6 Å². The van der Waals surface area contributed by atoms with Gasteiger partial charge in [-0.05, 0) is 27.2 Å². The third-order valence-electron chi connectivity index (χ3n) is 1.77. The van der Waals surface area contributed by atoms with Crippen molar-refractivity contribution >= 4 is 5.97 Å². The number of carboxylic acids is 1. The van der Waals surface area contributed by atoms with E-state index >= 15 is 0 Å². The van der Waals surface area contributed by atoms with Crippen molar-refractivity contribution in [3.05, 3.63) is 0 Å². The molecule has 82 valence electrons. The maximum atomic E-state index is 10.3. The minimum Gasteiger partial charge on any atom is -0.481 e. The summed E-state index contributed by atoms with van der Waals surface area (Å²) in [5.74, 6) is -0.807. The molecule has 5 nitrogen and oxygen atoms in total. The van der Waals surface area contributed by atoms with Gasteiger partial charge in [0.25, 0.3) is 0 Å². The first kappa shape index (κ1) is 13.0. The molecule has 0 aliphatic heterocycles. The van der Waals surface area contributed by atoms with Crippen LogP contribution in [0.4, 0.5) is 0 Å². The van der Waals surface area contributed by atoms with Crippen LogP contribution in [0, 0.1) is 0 Å². The summed E-state index contributed by atoms with van der Waals surface area (Å²) in [5, 5.41) is 16.4. The molecule has 0 aromatic rings. The summed E-state index contributed by atoms with van der Waals surface area (Å²) in [6.07, 6.45) is 0.617. The van der Waals surface area contributed by atoms with Crippen LogP contribution in [-0.4, -0.2) is 30.0 Å². The van der Waals surface area contributed by atoms with Gasteiger partial charge < -0.3 is 9.84 Å². The number of methoxy groups -OCH3 is 1. The molecule has 1 unspecified atom stereocenters. The quantitative estimate of drug-likeness (QED) is 0.670. The number of hydrogen-bond acceptors (Lipinski definition) is 4. The van der Waals surface area contributed by atoms with Crippen LogP contribution in [0.25, 0.3) is 0 Å². The molecule has 0 heterocycles. The van der Waals surface area contributed by atoms with Gasteiger partial charge in [-0.2, -0.15) is 10.2 Å². The van der Waals surface area contributed by atoms with Crippen LogP contribution in [0.2, 0.25) is 0 Å². The smallest absolute Gasteiger partial charge is 0.303 e. The van der Waals surface area contributed by atoms with Gasteiger partial charge in [0.15, 0.2) is 5.72 Å². The van der Waals surface area contributed by atoms with E-state index < -0.39 is 11.7 Å². The number of ether oxygens (including phenoxy) is 1. The first-order valence-corrected chi connectivity index (χ1v) is 4.56. The van der Waals surface area contributed by atoms with E-state index in [1.54, 1.807) is 21.0 Å². The third-order valence-corrected chi connectivity index (χ3v) is 1.77. The first-order chi connectivity index (χ1) is 6.37. The number of rotatable bonds is 6. The van der Waals surface area contributed by atoms with Crippen molar-refractivity contribution in [3.63, 3.8) is 0 Å². The summed E-state index contributed by atoms with van der Waals surface area (Å²) >= 11 is 0. The van der Waals surface area contributed by atoms with Crippen LogP contribution < -0.4 is 0 Å². The molecule has 0 aliphatic rings. The van der Waals surface area contributed by atoms with Gasteiger partial charge in [-0.1, -0.05) is 0 Å². The highest BCUT2D eigenvalue weighted by molar-refractivity contribution is 5.66. The van der Waals surface area contributed by atoms with Crippen LogP contribution in [0.3, 0.4) is 0 Å². The largest absolute Gasteiger partial charge is 0.481 e. The van der Waals surface area contributed by atoms with Crippen molar-refractivity contribution in [1.29, 1.82) is 0 Å². The summed E-state index contributed by atoms with van der Waals surface area (Å²) in [6.45, 7) is 5.42. The second-order valence-corrected chi connectivity index (χ2v) is 3.65. The Morgan fingerprint density at radius 1 is 1.57 bits per heavy atom. The number of hydrogen-bond donors (Lipinski definition) is 1. The van der Waals surface area contributed by atoms with Crippen LogP contribution >= 0.6 is 0 Å². The van der Waals surface area contributed by atoms with Crippen molar-refractivity contribution in [2.45, 2.75) is 45.4 Å². The molecule has 5 heteroatoms. The monoisotopic (exact) mass is 202 g/mol. The highest BCUT2D eigenvalue weighted by Gasteiger charge is 2.14. The Labute approximate surface area is 84.2 Å². The van der Waals surface area contributed by atoms with Crippen LogP contribution in [0.5, 0.6) is 0 Å². The number of azo groups is 1. The molecule has 1 N–H and O–H groups in total. The lowest BCUT2D eigenvalue weighted by Gasteiger charge is -2.16. The van der Waals surface area contributed by atoms with E-state index in [0.717, 1.165) is 0 Å². The molecule has 14 heavy (non-hydrogen) atoms. The average molecular weight is 202 g/mol. The fraction of sp³-hybridized carbons (Fsp3) is 0.889. The average Bonchev–Trinajstić information content (AvgIpc) is 2.11. The molecule has 0 saturated heterocycles. The molecule has 0 fully saturated rings. The van der Waals surface area contributed by atoms with Gasteiger partial charge in [0.05, 0.1) is 6.04 Å². The molecular formula is C9H18N2O3. The zero-order valence-electron chi connectivity index (χ0n) is 9.15. The Morgan fingerprint density at radius 2 is 2.14 bits per heavy atom. The molecule has 0 amide bonds. The Kier molecular flexibility index (Phi) is 5.30. The third kappa shape index (κ3) is 6.54. The van der Waals surface area contributed by atoms with E-state index in [4.69, 9.17) is 9.84 Å². The van der Waals surface area contributed by atoms with E-state index in [2.05, 4.69) is 10.2 Å². The maximum Gasteiger partial charge on any atom is 0.303 e. The second-order valence-electron chi connectivity index (χ2n) is 3.65. The van der Waals surface area contributed by atoms with Crippen LogP contribution in [0.15, 0.2) is 10.2 Å². The first-order valence-electron chi connectivity index (χ1n) is 4.56. The van der Waals surface area contributed by atoms with Gasteiger partial charge in [0, 0.05) is 13.5 Å². The molecule has 0 aromatic heterocycles. The SMILES string of the molecule is COC(C)(C)N=NC(C)CCC(=O)O. The molecule has 1 atom stereocenters. The summed E-state index contributed by atoms with van der Waals surface area (Å²) in [4.78, 5) is 10.3. The van der Waals surface area contributed by atoms with E-state index in [-0.39, 0.29) is 12.5 Å². The normalized spacial score (nSPS) is 14.6. The van der Waals surface area contributed by atoms with Crippen molar-refractivity contribution in [2.75, 3.05) is 7.11 Å². The zero-order valence-corrected chi connectivity index (χ0v) is 9.15. The van der Waals surface area contributed by atoms with Gasteiger partial charge in [-0.15, -0.1) is 0 Å². The molecule has 0 bridgehead atoms. The van der Waals surface area contributed by atoms with E-state index in [1.807, 2.05) is 6.92 Å². The Bertz CT molecular complexity index is 214. The molecule has 0 saturated carbocycles. The number of carboxylic acid groups (broad SMARTS) is 1. The summed E-state index contributed by atoms with van der Waals surface area (Å²) < 4.78 is 5.04. The predicted octanol–water partition coefficient (Wildman–Crippen LogP) is 2.07. The van der Waals surface area contributed by atoms with Crippen molar-refractivity contribution in [2.24, 2.45) is 10.2 Å². The predicted molar refractivity (Wildman–Crippen MR) is 52.3 cm³/mol. The van der Waals surface area contributed by atoms with E-state index in [0.29, 0.717) is 6.42 Å². The van der Waals surface area contributed by atoms with Gasteiger partial charge in [-0.25, -0.2) is 0 Å². The summed E-state index contributed by atoms with van der Waals surface area (Å²) in [5.41, 5.74) is -0.627. The van der Waals surface area contributed by atoms with E-state index in [1.165, 1.54) is 0 Å². The fourth-order valence-corrected chi connectivity index (χ4v) is 0.669. The molecule has 0 aromatic carbocycles. The molecule has 0 rings (SSSR count). The van der Waals surface area contributed by atoms with E-state index in [9.17, 15) is 4.79 Å². The molecule has 0 aliphatic carbocycles. The second kappa shape index (κ2) is 5.70. The lowest BCUT2D eigenvalue weighted by molar-refractivity contribution is -0.137. The molecule has 0 radical (unpaired) electrons. The topological polar surface area (TPSA) is 71.2 Å². The highest BCUT2D eigenvalue weighted by Crippen LogP contribution is 2.12. The Hall–Kier alpha value is -0.970. The highest BCUT2D eigenvalue weighted by atomic mass is 16.5. The zero-order chi connectivity index (χ0) is 11.2. The van der Waals surface area contributed by atoms with Crippen molar-refractivity contribution in [1.82, 2.24) is 0 Å². The maximum absolute atomic E-state index is 10.3. The summed E-state index contributed by atoms with van der Waals surface area (Å²) in [6, 6.07) is -0.0828. The standard InChI is InChI=1S/C9H18N2O3/c1-7(5-6-8(12)13)10-11-9(2,3)14-4/h7H,5-6H2,1-4H3,(H,12,13). The number of aliphatic carboxylic acids is 1. The Balaban J connectivity index is 3.92. The van der Waals surface area contributed by atoms with Crippen LogP contribution in [-0.2, 0) is 9.53 Å².